The van der Waals surface area contributed by atoms with Gasteiger partial charge in [-0.3, -0.25) is 0 Å². The second-order valence-electron chi connectivity index (χ2n) is 3.59. The van der Waals surface area contributed by atoms with E-state index in [4.69, 9.17) is 0 Å². The van der Waals surface area contributed by atoms with Crippen LogP contribution in [-0.4, -0.2) is 42.5 Å². The van der Waals surface area contributed by atoms with Gasteiger partial charge in [0.25, 0.3) is 6.43 Å². The number of hydrogen-bond donors (Lipinski definition) is 0. The molecule has 0 saturated carbocycles. The standard InChI is InChI=1S/C7H2F14/c8-1(2(9)10)3(11,12)5(14,15)4(13,6(16,17)18)7(19,20)21/h1-2H. The summed E-state index contributed by atoms with van der Waals surface area (Å²) in [5.41, 5.74) is -7.93. The van der Waals surface area contributed by atoms with Crippen LogP contribution in [0.4, 0.5) is 61.5 Å². The van der Waals surface area contributed by atoms with Crippen molar-refractivity contribution < 1.29 is 61.5 Å². The molecule has 0 aromatic heterocycles. The fraction of sp³-hybridized carbons (Fsp3) is 1.00. The Kier molecular flexibility index (Phi) is 4.80. The molecule has 0 radical (unpaired) electrons. The lowest BCUT2D eigenvalue weighted by atomic mass is 9.88. The minimum absolute atomic E-state index is 5.09. The van der Waals surface area contributed by atoms with Gasteiger partial charge in [0.15, 0.2) is 0 Å². The Labute approximate surface area is 105 Å². The lowest BCUT2D eigenvalue weighted by Crippen LogP contribution is -2.72. The number of hydrogen-bond acceptors (Lipinski definition) is 0. The molecular formula is C7H2F14. The average Bonchev–Trinajstić information content (AvgIpc) is 2.22. The molecule has 0 aliphatic carbocycles. The zero-order valence-corrected chi connectivity index (χ0v) is 8.95. The van der Waals surface area contributed by atoms with E-state index < -0.39 is 42.5 Å². The van der Waals surface area contributed by atoms with E-state index in [1.54, 1.807) is 0 Å². The maximum atomic E-state index is 12.8. The Morgan fingerprint density at radius 1 is 0.524 bits per heavy atom. The molecule has 0 saturated heterocycles. The largest absolute Gasteiger partial charge is 0.438 e. The molecule has 0 spiro atoms. The van der Waals surface area contributed by atoms with Crippen LogP contribution < -0.4 is 0 Å². The molecule has 1 atom stereocenters. The Morgan fingerprint density at radius 2 is 0.810 bits per heavy atom. The monoisotopic (exact) mass is 352 g/mol. The first kappa shape index (κ1) is 20.0. The fourth-order valence-electron chi connectivity index (χ4n) is 1.08. The third-order valence-electron chi connectivity index (χ3n) is 2.20. The molecule has 0 rings (SSSR count). The molecular weight excluding hydrogens is 350 g/mol. The van der Waals surface area contributed by atoms with E-state index in [-0.39, 0.29) is 0 Å². The Bertz CT molecular complexity index is 346. The normalized spacial score (nSPS) is 17.3. The van der Waals surface area contributed by atoms with Crippen molar-refractivity contribution in [2.45, 2.75) is 42.5 Å². The lowest BCUT2D eigenvalue weighted by Gasteiger charge is -2.40. The first-order valence-electron chi connectivity index (χ1n) is 4.36. The SMILES string of the molecule is FC(F)C(F)C(F)(F)C(F)(F)C(F)(C(F)(F)F)C(F)(F)F. The van der Waals surface area contributed by atoms with Crippen LogP contribution in [0.25, 0.3) is 0 Å². The molecule has 128 valence electrons. The molecule has 0 aliphatic rings. The van der Waals surface area contributed by atoms with Crippen molar-refractivity contribution in [1.29, 1.82) is 0 Å². The zero-order valence-electron chi connectivity index (χ0n) is 8.95. The highest BCUT2D eigenvalue weighted by Crippen LogP contribution is 2.60. The van der Waals surface area contributed by atoms with Crippen molar-refractivity contribution in [3.05, 3.63) is 0 Å². The van der Waals surface area contributed by atoms with Gasteiger partial charge in [-0.15, -0.1) is 0 Å². The maximum Gasteiger partial charge on any atom is 0.438 e. The van der Waals surface area contributed by atoms with Crippen molar-refractivity contribution in [3.8, 4) is 0 Å². The number of halogens is 14. The minimum Gasteiger partial charge on any atom is -0.234 e. The van der Waals surface area contributed by atoms with E-state index in [1.165, 1.54) is 0 Å². The molecule has 0 aliphatic heterocycles. The first-order chi connectivity index (χ1) is 8.85. The molecule has 21 heavy (non-hydrogen) atoms. The molecule has 1 unspecified atom stereocenters. The molecule has 0 heterocycles. The summed E-state index contributed by atoms with van der Waals surface area (Å²) in [4.78, 5) is 0. The highest BCUT2D eigenvalue weighted by atomic mass is 19.4. The maximum absolute atomic E-state index is 12.8. The quantitative estimate of drug-likeness (QED) is 0.644. The molecule has 0 aromatic rings. The third kappa shape index (κ3) is 2.72. The first-order valence-corrected chi connectivity index (χ1v) is 4.36. The average molecular weight is 352 g/mol. The highest BCUT2D eigenvalue weighted by molar-refractivity contribution is 5.12. The van der Waals surface area contributed by atoms with Gasteiger partial charge in [0.1, 0.15) is 0 Å². The Balaban J connectivity index is 6.28. The molecule has 0 amide bonds. The van der Waals surface area contributed by atoms with Crippen LogP contribution in [0.15, 0.2) is 0 Å². The van der Waals surface area contributed by atoms with Crippen molar-refractivity contribution in [2.75, 3.05) is 0 Å². The van der Waals surface area contributed by atoms with E-state index in [0.29, 0.717) is 0 Å². The van der Waals surface area contributed by atoms with Gasteiger partial charge in [-0.2, -0.15) is 43.9 Å². The molecule has 0 fully saturated rings. The summed E-state index contributed by atoms with van der Waals surface area (Å²) in [6, 6.07) is 0. The smallest absolute Gasteiger partial charge is 0.234 e. The van der Waals surface area contributed by atoms with Crippen LogP contribution in [0.5, 0.6) is 0 Å². The summed E-state index contributed by atoms with van der Waals surface area (Å²) < 4.78 is 170. The van der Waals surface area contributed by atoms with E-state index in [0.717, 1.165) is 0 Å². The fourth-order valence-corrected chi connectivity index (χ4v) is 1.08. The van der Waals surface area contributed by atoms with Crippen LogP contribution in [0, 0.1) is 0 Å². The lowest BCUT2D eigenvalue weighted by molar-refractivity contribution is -0.433. The van der Waals surface area contributed by atoms with Gasteiger partial charge in [-0.1, -0.05) is 0 Å². The predicted octanol–water partition coefficient (Wildman–Crippen LogP) is 4.69. The van der Waals surface area contributed by atoms with Gasteiger partial charge < -0.3 is 0 Å². The molecule has 0 aromatic carbocycles. The second kappa shape index (κ2) is 5.04. The van der Waals surface area contributed by atoms with Gasteiger partial charge in [-0.05, 0) is 0 Å². The van der Waals surface area contributed by atoms with Gasteiger partial charge in [0.2, 0.25) is 6.17 Å². The molecule has 0 bridgehead atoms. The molecule has 0 nitrogen and oxygen atoms in total. The van der Waals surface area contributed by atoms with Gasteiger partial charge in [0.05, 0.1) is 0 Å². The van der Waals surface area contributed by atoms with Crippen molar-refractivity contribution in [1.82, 2.24) is 0 Å². The minimum atomic E-state index is -7.93. The Morgan fingerprint density at radius 3 is 1.00 bits per heavy atom. The molecule has 0 N–H and O–H groups in total. The van der Waals surface area contributed by atoms with E-state index >= 15 is 0 Å². The van der Waals surface area contributed by atoms with Gasteiger partial charge >= 0.3 is 29.9 Å². The predicted molar refractivity (Wildman–Crippen MR) is 36.7 cm³/mol. The van der Waals surface area contributed by atoms with Crippen molar-refractivity contribution in [3.63, 3.8) is 0 Å². The van der Waals surface area contributed by atoms with Crippen LogP contribution in [0.2, 0.25) is 0 Å². The van der Waals surface area contributed by atoms with Crippen LogP contribution in [-0.2, 0) is 0 Å². The summed E-state index contributed by atoms with van der Waals surface area (Å²) in [5.74, 6) is -15.2. The summed E-state index contributed by atoms with van der Waals surface area (Å²) in [7, 11) is 0. The Hall–Kier alpha value is -0.980. The summed E-state index contributed by atoms with van der Waals surface area (Å²) in [6.07, 6.45) is -25.9. The number of rotatable bonds is 4. The van der Waals surface area contributed by atoms with Crippen LogP contribution in [0.3, 0.4) is 0 Å². The second-order valence-corrected chi connectivity index (χ2v) is 3.59. The topological polar surface area (TPSA) is 0 Å². The molecule has 14 heteroatoms. The highest BCUT2D eigenvalue weighted by Gasteiger charge is 2.91. The summed E-state index contributed by atoms with van der Waals surface area (Å²) >= 11 is 0. The van der Waals surface area contributed by atoms with Crippen LogP contribution >= 0.6 is 0 Å². The van der Waals surface area contributed by atoms with Crippen LogP contribution in [0.1, 0.15) is 0 Å². The van der Waals surface area contributed by atoms with E-state index in [1.807, 2.05) is 0 Å². The van der Waals surface area contributed by atoms with E-state index in [9.17, 15) is 61.5 Å². The summed E-state index contributed by atoms with van der Waals surface area (Å²) in [6.45, 7) is 0. The van der Waals surface area contributed by atoms with Crippen molar-refractivity contribution in [2.24, 2.45) is 0 Å². The zero-order chi connectivity index (χ0) is 17.7. The number of alkyl halides is 14. The van der Waals surface area contributed by atoms with Gasteiger partial charge in [-0.25, -0.2) is 17.6 Å². The van der Waals surface area contributed by atoms with E-state index in [2.05, 4.69) is 0 Å². The van der Waals surface area contributed by atoms with Gasteiger partial charge in [0, 0.05) is 0 Å². The third-order valence-corrected chi connectivity index (χ3v) is 2.20. The van der Waals surface area contributed by atoms with Crippen molar-refractivity contribution >= 4 is 0 Å². The summed E-state index contributed by atoms with van der Waals surface area (Å²) in [5, 5.41) is 0.